The molecule has 0 bridgehead atoms. The van der Waals surface area contributed by atoms with Crippen molar-refractivity contribution in [1.29, 1.82) is 0 Å². The summed E-state index contributed by atoms with van der Waals surface area (Å²) in [4.78, 5) is 0. The second kappa shape index (κ2) is 5.93. The van der Waals surface area contributed by atoms with Gasteiger partial charge in [-0.1, -0.05) is 30.3 Å². The number of aryl methyl sites for hydroxylation is 1. The molecule has 3 nitrogen and oxygen atoms in total. The zero-order valence-electron chi connectivity index (χ0n) is 10.8. The van der Waals surface area contributed by atoms with Gasteiger partial charge >= 0.3 is 0 Å². The Bertz CT molecular complexity index is 508. The van der Waals surface area contributed by atoms with Crippen LogP contribution in [0.5, 0.6) is 0 Å². The van der Waals surface area contributed by atoms with E-state index in [4.69, 9.17) is 0 Å². The van der Waals surface area contributed by atoms with Gasteiger partial charge in [-0.05, 0) is 12.5 Å². The highest BCUT2D eigenvalue weighted by atomic mass is 19.3. The third-order valence-electron chi connectivity index (χ3n) is 2.82. The molecule has 2 aromatic rings. The Morgan fingerprint density at radius 2 is 2.00 bits per heavy atom. The Kier molecular flexibility index (Phi) is 4.27. The van der Waals surface area contributed by atoms with E-state index in [1.54, 1.807) is 29.1 Å². The van der Waals surface area contributed by atoms with Crippen LogP contribution < -0.4 is 5.32 Å². The van der Waals surface area contributed by atoms with Gasteiger partial charge in [0.1, 0.15) is 0 Å². The number of hydrogen-bond donors (Lipinski definition) is 1. The van der Waals surface area contributed by atoms with Crippen LogP contribution in [0.4, 0.5) is 8.78 Å². The Hall–Kier alpha value is -1.75. The van der Waals surface area contributed by atoms with E-state index >= 15 is 0 Å². The smallest absolute Gasteiger partial charge is 0.285 e. The van der Waals surface area contributed by atoms with Gasteiger partial charge in [0.25, 0.3) is 5.92 Å². The van der Waals surface area contributed by atoms with Gasteiger partial charge in [-0.25, -0.2) is 0 Å². The molecule has 5 heteroatoms. The molecule has 0 spiro atoms. The summed E-state index contributed by atoms with van der Waals surface area (Å²) in [6, 6.07) is 7.86. The maximum Gasteiger partial charge on any atom is 0.285 e. The van der Waals surface area contributed by atoms with Crippen LogP contribution in [0.1, 0.15) is 11.1 Å². The predicted molar refractivity (Wildman–Crippen MR) is 70.2 cm³/mol. The zero-order valence-corrected chi connectivity index (χ0v) is 10.8. The van der Waals surface area contributed by atoms with Crippen molar-refractivity contribution in [3.63, 3.8) is 0 Å². The van der Waals surface area contributed by atoms with Crippen LogP contribution in [0, 0.1) is 6.92 Å². The number of nitrogens with zero attached hydrogens (tertiary/aromatic N) is 2. The highest BCUT2D eigenvalue weighted by molar-refractivity contribution is 5.20. The highest BCUT2D eigenvalue weighted by Crippen LogP contribution is 2.26. The number of nitrogens with one attached hydrogen (secondary N) is 1. The molecule has 0 unspecified atom stereocenters. The molecule has 2 rings (SSSR count). The minimum absolute atomic E-state index is 0.0393. The van der Waals surface area contributed by atoms with Crippen molar-refractivity contribution in [3.8, 4) is 0 Å². The summed E-state index contributed by atoms with van der Waals surface area (Å²) in [6.45, 7) is 2.62. The minimum Gasteiger partial charge on any atom is -0.309 e. The van der Waals surface area contributed by atoms with Gasteiger partial charge in [0, 0.05) is 18.3 Å². The fraction of sp³-hybridized carbons (Fsp3) is 0.357. The van der Waals surface area contributed by atoms with E-state index in [0.717, 1.165) is 5.56 Å². The molecule has 0 aliphatic carbocycles. The van der Waals surface area contributed by atoms with Crippen molar-refractivity contribution >= 4 is 0 Å². The van der Waals surface area contributed by atoms with Crippen LogP contribution in [0.3, 0.4) is 0 Å². The van der Waals surface area contributed by atoms with Crippen LogP contribution in [0.2, 0.25) is 0 Å². The molecule has 102 valence electrons. The highest BCUT2D eigenvalue weighted by Gasteiger charge is 2.30. The Morgan fingerprint density at radius 1 is 1.26 bits per heavy atom. The normalized spacial score (nSPS) is 11.7. The molecule has 1 aromatic carbocycles. The van der Waals surface area contributed by atoms with Gasteiger partial charge in [0.05, 0.1) is 19.3 Å². The fourth-order valence-corrected chi connectivity index (χ4v) is 1.81. The molecular formula is C14H17F2N3. The molecule has 0 fully saturated rings. The molecule has 0 saturated carbocycles. The molecular weight excluding hydrogens is 248 g/mol. The van der Waals surface area contributed by atoms with Gasteiger partial charge in [-0.15, -0.1) is 0 Å². The van der Waals surface area contributed by atoms with Gasteiger partial charge in [-0.3, -0.25) is 4.68 Å². The first-order chi connectivity index (χ1) is 9.08. The predicted octanol–water partition coefficient (Wildman–Crippen LogP) is 2.57. The summed E-state index contributed by atoms with van der Waals surface area (Å²) in [6.07, 6.45) is 3.63. The molecule has 19 heavy (non-hydrogen) atoms. The zero-order chi connectivity index (χ0) is 13.7. The Morgan fingerprint density at radius 3 is 2.63 bits per heavy atom. The summed E-state index contributed by atoms with van der Waals surface area (Å²) in [5, 5.41) is 6.87. The molecule has 0 atom stereocenters. The number of benzene rings is 1. The lowest BCUT2D eigenvalue weighted by atomic mass is 10.1. The van der Waals surface area contributed by atoms with Crippen molar-refractivity contribution in [2.45, 2.75) is 19.4 Å². The van der Waals surface area contributed by atoms with Gasteiger partial charge in [0.2, 0.25) is 0 Å². The van der Waals surface area contributed by atoms with Crippen molar-refractivity contribution in [2.24, 2.45) is 0 Å². The topological polar surface area (TPSA) is 29.9 Å². The third kappa shape index (κ3) is 3.86. The van der Waals surface area contributed by atoms with Crippen molar-refractivity contribution in [2.75, 3.05) is 13.1 Å². The molecule has 0 radical (unpaired) electrons. The largest absolute Gasteiger partial charge is 0.309 e. The maximum atomic E-state index is 13.8. The summed E-state index contributed by atoms with van der Waals surface area (Å²) in [5.41, 5.74) is 1.10. The van der Waals surface area contributed by atoms with Gasteiger partial charge in [-0.2, -0.15) is 13.9 Å². The summed E-state index contributed by atoms with van der Waals surface area (Å²) < 4.78 is 29.3. The van der Waals surface area contributed by atoms with E-state index < -0.39 is 5.92 Å². The summed E-state index contributed by atoms with van der Waals surface area (Å²) in [7, 11) is 0. The van der Waals surface area contributed by atoms with Crippen molar-refractivity contribution in [3.05, 3.63) is 53.9 Å². The SMILES string of the molecule is Cc1cnn(CCNCC(F)(F)c2ccccc2)c1. The third-order valence-corrected chi connectivity index (χ3v) is 2.82. The number of hydrogen-bond acceptors (Lipinski definition) is 2. The Balaban J connectivity index is 1.79. The average molecular weight is 265 g/mol. The van der Waals surface area contributed by atoms with Crippen molar-refractivity contribution in [1.82, 2.24) is 15.1 Å². The summed E-state index contributed by atoms with van der Waals surface area (Å²) in [5.74, 6) is -2.85. The second-order valence-electron chi connectivity index (χ2n) is 4.53. The number of halogens is 2. The maximum absolute atomic E-state index is 13.8. The van der Waals surface area contributed by atoms with Gasteiger partial charge in [0.15, 0.2) is 0 Å². The van der Waals surface area contributed by atoms with Gasteiger partial charge < -0.3 is 5.32 Å². The molecule has 0 aliphatic rings. The monoisotopic (exact) mass is 265 g/mol. The van der Waals surface area contributed by atoms with Crippen LogP contribution in [-0.2, 0) is 12.5 Å². The second-order valence-corrected chi connectivity index (χ2v) is 4.53. The lowest BCUT2D eigenvalue weighted by Gasteiger charge is -2.17. The molecule has 0 aliphatic heterocycles. The van der Waals surface area contributed by atoms with Crippen LogP contribution >= 0.6 is 0 Å². The minimum atomic E-state index is -2.85. The van der Waals surface area contributed by atoms with E-state index in [1.165, 1.54) is 12.1 Å². The van der Waals surface area contributed by atoms with Crippen LogP contribution in [0.25, 0.3) is 0 Å². The van der Waals surface area contributed by atoms with Crippen LogP contribution in [0.15, 0.2) is 42.7 Å². The standard InChI is InChI=1S/C14H17F2N3/c1-12-9-18-19(10-12)8-7-17-11-14(15,16)13-5-3-2-4-6-13/h2-6,9-10,17H,7-8,11H2,1H3. The Labute approximate surface area is 111 Å². The molecule has 1 N–H and O–H groups in total. The quantitative estimate of drug-likeness (QED) is 0.814. The van der Waals surface area contributed by atoms with E-state index in [-0.39, 0.29) is 12.1 Å². The molecule has 0 amide bonds. The molecule has 0 saturated heterocycles. The first kappa shape index (κ1) is 13.7. The first-order valence-electron chi connectivity index (χ1n) is 6.21. The van der Waals surface area contributed by atoms with E-state index in [9.17, 15) is 8.78 Å². The number of aromatic nitrogens is 2. The van der Waals surface area contributed by atoms with E-state index in [2.05, 4.69) is 10.4 Å². The van der Waals surface area contributed by atoms with Crippen molar-refractivity contribution < 1.29 is 8.78 Å². The molecule has 1 heterocycles. The lowest BCUT2D eigenvalue weighted by molar-refractivity contribution is -0.00315. The van der Waals surface area contributed by atoms with E-state index in [1.807, 2.05) is 13.1 Å². The van der Waals surface area contributed by atoms with E-state index in [0.29, 0.717) is 13.1 Å². The van der Waals surface area contributed by atoms with Crippen LogP contribution in [-0.4, -0.2) is 22.9 Å². The summed E-state index contributed by atoms with van der Waals surface area (Å²) >= 11 is 0. The first-order valence-corrected chi connectivity index (χ1v) is 6.21. The fourth-order valence-electron chi connectivity index (χ4n) is 1.81. The lowest BCUT2D eigenvalue weighted by Crippen LogP contribution is -2.32. The molecule has 1 aromatic heterocycles. The number of rotatable bonds is 6. The number of alkyl halides is 2. The average Bonchev–Trinajstić information content (AvgIpc) is 2.82.